The second kappa shape index (κ2) is 8.58. The van der Waals surface area contributed by atoms with E-state index in [-0.39, 0.29) is 12.3 Å². The van der Waals surface area contributed by atoms with Gasteiger partial charge >= 0.3 is 0 Å². The molecular weight excluding hydrogens is 346 g/mol. The van der Waals surface area contributed by atoms with Crippen LogP contribution in [0.2, 0.25) is 0 Å². The van der Waals surface area contributed by atoms with Crippen molar-refractivity contribution in [2.45, 2.75) is 25.8 Å². The Morgan fingerprint density at radius 1 is 1.00 bits per heavy atom. The molecular formula is C20H21N3O2S. The van der Waals surface area contributed by atoms with Crippen LogP contribution in [0.15, 0.2) is 54.6 Å². The molecule has 0 unspecified atom stereocenters. The van der Waals surface area contributed by atoms with Crippen molar-refractivity contribution in [3.8, 4) is 0 Å². The SMILES string of the molecule is NC(=O)CCN(Cc1ccccc1)C(=O)CCc1nc2ccccc2s1. The molecule has 2 amide bonds. The maximum Gasteiger partial charge on any atom is 0.223 e. The fourth-order valence-corrected chi connectivity index (χ4v) is 3.71. The zero-order valence-corrected chi connectivity index (χ0v) is 15.2. The van der Waals surface area contributed by atoms with Gasteiger partial charge in [0, 0.05) is 32.4 Å². The van der Waals surface area contributed by atoms with Crippen molar-refractivity contribution in [3.05, 3.63) is 65.2 Å². The van der Waals surface area contributed by atoms with Crippen molar-refractivity contribution in [1.82, 2.24) is 9.88 Å². The van der Waals surface area contributed by atoms with Gasteiger partial charge in [-0.25, -0.2) is 4.98 Å². The molecule has 5 nitrogen and oxygen atoms in total. The number of hydrogen-bond donors (Lipinski definition) is 1. The number of carbonyl (C=O) groups is 2. The molecule has 2 aromatic carbocycles. The Balaban J connectivity index is 1.64. The van der Waals surface area contributed by atoms with E-state index in [9.17, 15) is 9.59 Å². The van der Waals surface area contributed by atoms with Crippen LogP contribution in [0.3, 0.4) is 0 Å². The molecule has 2 N–H and O–H groups in total. The van der Waals surface area contributed by atoms with Crippen molar-refractivity contribution in [2.75, 3.05) is 6.54 Å². The monoisotopic (exact) mass is 367 g/mol. The summed E-state index contributed by atoms with van der Waals surface area (Å²) in [6, 6.07) is 17.7. The molecule has 0 atom stereocenters. The highest BCUT2D eigenvalue weighted by molar-refractivity contribution is 7.18. The van der Waals surface area contributed by atoms with Crippen LogP contribution in [-0.2, 0) is 22.6 Å². The highest BCUT2D eigenvalue weighted by Gasteiger charge is 2.16. The number of primary amides is 1. The quantitative estimate of drug-likeness (QED) is 0.664. The summed E-state index contributed by atoms with van der Waals surface area (Å²) < 4.78 is 1.13. The molecule has 0 aliphatic heterocycles. The topological polar surface area (TPSA) is 76.3 Å². The van der Waals surface area contributed by atoms with E-state index in [2.05, 4.69) is 4.98 Å². The Kier molecular flexibility index (Phi) is 5.96. The van der Waals surface area contributed by atoms with Gasteiger partial charge in [0.25, 0.3) is 0 Å². The molecule has 0 saturated heterocycles. The van der Waals surface area contributed by atoms with E-state index < -0.39 is 5.91 Å². The lowest BCUT2D eigenvalue weighted by molar-refractivity contribution is -0.132. The average molecular weight is 367 g/mol. The molecule has 0 spiro atoms. The molecule has 1 heterocycles. The van der Waals surface area contributed by atoms with Gasteiger partial charge in [0.05, 0.1) is 15.2 Å². The fraction of sp³-hybridized carbons (Fsp3) is 0.250. The summed E-state index contributed by atoms with van der Waals surface area (Å²) in [6.07, 6.45) is 1.13. The summed E-state index contributed by atoms with van der Waals surface area (Å²) in [7, 11) is 0. The first kappa shape index (κ1) is 18.1. The van der Waals surface area contributed by atoms with Crippen LogP contribution < -0.4 is 5.73 Å². The summed E-state index contributed by atoms with van der Waals surface area (Å²) in [5, 5.41) is 0.953. The standard InChI is InChI=1S/C20H21N3O2S/c21-18(24)12-13-23(14-15-6-2-1-3-7-15)20(25)11-10-19-22-16-8-4-5-9-17(16)26-19/h1-9H,10-14H2,(H2,21,24). The van der Waals surface area contributed by atoms with Gasteiger partial charge in [-0.1, -0.05) is 42.5 Å². The third-order valence-electron chi connectivity index (χ3n) is 4.09. The zero-order valence-electron chi connectivity index (χ0n) is 14.4. The Morgan fingerprint density at radius 2 is 1.73 bits per heavy atom. The number of benzene rings is 2. The fourth-order valence-electron chi connectivity index (χ4n) is 2.74. The lowest BCUT2D eigenvalue weighted by Gasteiger charge is -2.22. The number of para-hydroxylation sites is 1. The number of fused-ring (bicyclic) bond motifs is 1. The van der Waals surface area contributed by atoms with Crippen molar-refractivity contribution in [2.24, 2.45) is 5.73 Å². The van der Waals surface area contributed by atoms with Crippen molar-refractivity contribution < 1.29 is 9.59 Å². The Hall–Kier alpha value is -2.73. The molecule has 3 rings (SSSR count). The van der Waals surface area contributed by atoms with E-state index in [0.29, 0.717) is 25.9 Å². The van der Waals surface area contributed by atoms with Gasteiger partial charge in [-0.2, -0.15) is 0 Å². The number of thiazole rings is 1. The van der Waals surface area contributed by atoms with E-state index in [1.807, 2.05) is 54.6 Å². The van der Waals surface area contributed by atoms with E-state index in [1.54, 1.807) is 16.2 Å². The predicted octanol–water partition coefficient (Wildman–Crippen LogP) is 3.13. The van der Waals surface area contributed by atoms with E-state index in [1.165, 1.54) is 0 Å². The van der Waals surface area contributed by atoms with Gasteiger partial charge in [0.1, 0.15) is 0 Å². The lowest BCUT2D eigenvalue weighted by atomic mass is 10.2. The van der Waals surface area contributed by atoms with Crippen LogP contribution in [0.1, 0.15) is 23.4 Å². The van der Waals surface area contributed by atoms with E-state index in [4.69, 9.17) is 5.73 Å². The normalized spacial score (nSPS) is 10.8. The summed E-state index contributed by atoms with van der Waals surface area (Å²) >= 11 is 1.62. The third kappa shape index (κ3) is 4.89. The van der Waals surface area contributed by atoms with Gasteiger partial charge in [-0.3, -0.25) is 9.59 Å². The van der Waals surface area contributed by atoms with E-state index >= 15 is 0 Å². The number of amides is 2. The molecule has 0 saturated carbocycles. The number of nitrogens with zero attached hydrogens (tertiary/aromatic N) is 2. The molecule has 0 aliphatic carbocycles. The molecule has 1 aromatic heterocycles. The first-order valence-electron chi connectivity index (χ1n) is 8.56. The predicted molar refractivity (Wildman–Crippen MR) is 104 cm³/mol. The summed E-state index contributed by atoms with van der Waals surface area (Å²) in [5.74, 6) is -0.392. The van der Waals surface area contributed by atoms with Gasteiger partial charge in [0.2, 0.25) is 11.8 Å². The number of rotatable bonds is 8. The first-order valence-corrected chi connectivity index (χ1v) is 9.38. The second-order valence-corrected chi connectivity index (χ2v) is 7.21. The van der Waals surface area contributed by atoms with Gasteiger partial charge in [0.15, 0.2) is 0 Å². The van der Waals surface area contributed by atoms with Gasteiger partial charge in [-0.15, -0.1) is 11.3 Å². The van der Waals surface area contributed by atoms with Crippen LogP contribution in [0.4, 0.5) is 0 Å². The Bertz CT molecular complexity index is 859. The Morgan fingerprint density at radius 3 is 2.46 bits per heavy atom. The van der Waals surface area contributed by atoms with Crippen molar-refractivity contribution in [1.29, 1.82) is 0 Å². The van der Waals surface area contributed by atoms with Crippen LogP contribution in [0, 0.1) is 0 Å². The van der Waals surface area contributed by atoms with Crippen LogP contribution >= 0.6 is 11.3 Å². The lowest BCUT2D eigenvalue weighted by Crippen LogP contribution is -2.33. The highest BCUT2D eigenvalue weighted by Crippen LogP contribution is 2.22. The molecule has 134 valence electrons. The summed E-state index contributed by atoms with van der Waals surface area (Å²) in [6.45, 7) is 0.815. The van der Waals surface area contributed by atoms with Crippen molar-refractivity contribution >= 4 is 33.4 Å². The molecule has 0 aliphatic rings. The minimum Gasteiger partial charge on any atom is -0.370 e. The molecule has 26 heavy (non-hydrogen) atoms. The summed E-state index contributed by atoms with van der Waals surface area (Å²) in [5.41, 5.74) is 7.26. The minimum atomic E-state index is -0.401. The molecule has 6 heteroatoms. The second-order valence-electron chi connectivity index (χ2n) is 6.09. The van der Waals surface area contributed by atoms with E-state index in [0.717, 1.165) is 20.8 Å². The van der Waals surface area contributed by atoms with Crippen molar-refractivity contribution in [3.63, 3.8) is 0 Å². The molecule has 0 fully saturated rings. The maximum atomic E-state index is 12.7. The smallest absolute Gasteiger partial charge is 0.223 e. The number of carbonyl (C=O) groups excluding carboxylic acids is 2. The Labute approximate surface area is 156 Å². The minimum absolute atomic E-state index is 0.00867. The molecule has 0 bridgehead atoms. The van der Waals surface area contributed by atoms with Crippen LogP contribution in [0.25, 0.3) is 10.2 Å². The summed E-state index contributed by atoms with van der Waals surface area (Å²) in [4.78, 5) is 30.1. The number of aromatic nitrogens is 1. The largest absolute Gasteiger partial charge is 0.370 e. The number of aryl methyl sites for hydroxylation is 1. The molecule has 0 radical (unpaired) electrons. The van der Waals surface area contributed by atoms with Crippen LogP contribution in [-0.4, -0.2) is 28.2 Å². The first-order chi connectivity index (χ1) is 12.6. The average Bonchev–Trinajstić information content (AvgIpc) is 3.07. The van der Waals surface area contributed by atoms with Gasteiger partial charge < -0.3 is 10.6 Å². The number of hydrogen-bond acceptors (Lipinski definition) is 4. The van der Waals surface area contributed by atoms with Crippen LogP contribution in [0.5, 0.6) is 0 Å². The number of nitrogens with two attached hydrogens (primary N) is 1. The zero-order chi connectivity index (χ0) is 18.4. The molecule has 3 aromatic rings. The maximum absolute atomic E-state index is 12.7. The third-order valence-corrected chi connectivity index (χ3v) is 5.18. The van der Waals surface area contributed by atoms with Gasteiger partial charge in [-0.05, 0) is 17.7 Å². The highest BCUT2D eigenvalue weighted by atomic mass is 32.1.